The Morgan fingerprint density at radius 3 is 2.78 bits per heavy atom. The van der Waals surface area contributed by atoms with E-state index in [0.29, 0.717) is 22.8 Å². The van der Waals surface area contributed by atoms with Gasteiger partial charge in [0.25, 0.3) is 0 Å². The molecule has 2 N–H and O–H groups in total. The lowest BCUT2D eigenvalue weighted by Gasteiger charge is -2.19. The second kappa shape index (κ2) is 7.50. The first-order valence-electron chi connectivity index (χ1n) is 5.36. The second-order valence-electron chi connectivity index (χ2n) is 3.81. The van der Waals surface area contributed by atoms with E-state index in [2.05, 4.69) is 15.9 Å². The van der Waals surface area contributed by atoms with Crippen molar-refractivity contribution in [3.8, 4) is 0 Å². The third-order valence-corrected chi connectivity index (χ3v) is 4.04. The van der Waals surface area contributed by atoms with Crippen LogP contribution < -0.4 is 0 Å². The van der Waals surface area contributed by atoms with Gasteiger partial charge in [-0.25, -0.2) is 0 Å². The molecular formula is C12H14BrClO3S. The van der Waals surface area contributed by atoms with Gasteiger partial charge in [0.1, 0.15) is 6.10 Å². The van der Waals surface area contributed by atoms with Gasteiger partial charge >= 0.3 is 0 Å². The summed E-state index contributed by atoms with van der Waals surface area (Å²) in [6.07, 6.45) is -1.67. The molecule has 0 saturated carbocycles. The highest BCUT2D eigenvalue weighted by Gasteiger charge is 2.21. The van der Waals surface area contributed by atoms with Gasteiger partial charge in [-0.15, -0.1) is 0 Å². The average molecular weight is 354 g/mol. The van der Waals surface area contributed by atoms with Crippen molar-refractivity contribution in [2.45, 2.75) is 25.6 Å². The Balaban J connectivity index is 2.64. The van der Waals surface area contributed by atoms with Crippen molar-refractivity contribution >= 4 is 44.4 Å². The largest absolute Gasteiger partial charge is 0.390 e. The molecule has 2 atom stereocenters. The molecule has 0 amide bonds. The highest BCUT2D eigenvalue weighted by atomic mass is 79.9. The van der Waals surface area contributed by atoms with Crippen LogP contribution in [-0.4, -0.2) is 27.2 Å². The molecule has 1 aromatic rings. The van der Waals surface area contributed by atoms with E-state index in [4.69, 9.17) is 11.6 Å². The second-order valence-corrected chi connectivity index (χ2v) is 6.40. The molecule has 2 unspecified atom stereocenters. The zero-order valence-electron chi connectivity index (χ0n) is 9.77. The van der Waals surface area contributed by atoms with Gasteiger partial charge < -0.3 is 10.2 Å². The number of halogens is 2. The van der Waals surface area contributed by atoms with Gasteiger partial charge in [0.15, 0.2) is 5.12 Å². The number of rotatable bonds is 5. The van der Waals surface area contributed by atoms with Crippen LogP contribution in [0, 0.1) is 0 Å². The number of benzene rings is 1. The van der Waals surface area contributed by atoms with E-state index in [9.17, 15) is 15.0 Å². The van der Waals surface area contributed by atoms with E-state index in [1.54, 1.807) is 18.2 Å². The molecule has 0 saturated heterocycles. The number of aliphatic hydroxyl groups is 2. The summed E-state index contributed by atoms with van der Waals surface area (Å²) in [6, 6.07) is 5.09. The summed E-state index contributed by atoms with van der Waals surface area (Å²) in [6.45, 7) is 1.47. The summed E-state index contributed by atoms with van der Waals surface area (Å²) in [7, 11) is 0. The van der Waals surface area contributed by atoms with Crippen LogP contribution >= 0.6 is 39.3 Å². The van der Waals surface area contributed by atoms with Gasteiger partial charge in [-0.3, -0.25) is 4.79 Å². The van der Waals surface area contributed by atoms with E-state index < -0.39 is 12.2 Å². The van der Waals surface area contributed by atoms with Gasteiger partial charge in [0.05, 0.1) is 6.10 Å². The van der Waals surface area contributed by atoms with Gasteiger partial charge in [0.2, 0.25) is 0 Å². The van der Waals surface area contributed by atoms with Gasteiger partial charge in [-0.05, 0) is 24.6 Å². The SMILES string of the molecule is CC(=O)SCCC(O)C(O)c1cc(Br)ccc1Cl. The van der Waals surface area contributed by atoms with Crippen molar-refractivity contribution in [3.05, 3.63) is 33.3 Å². The Kier molecular flexibility index (Phi) is 6.66. The standard InChI is InChI=1S/C12H14BrClO3S/c1-7(15)18-5-4-11(16)12(17)9-6-8(13)2-3-10(9)14/h2-3,6,11-12,16-17H,4-5H2,1H3. The number of carbonyl (C=O) groups is 1. The molecule has 1 rings (SSSR count). The van der Waals surface area contributed by atoms with Crippen LogP contribution in [0.5, 0.6) is 0 Å². The average Bonchev–Trinajstić information content (AvgIpc) is 2.30. The maximum atomic E-state index is 10.8. The van der Waals surface area contributed by atoms with Gasteiger partial charge in [-0.1, -0.05) is 39.3 Å². The Morgan fingerprint density at radius 2 is 2.17 bits per heavy atom. The van der Waals surface area contributed by atoms with E-state index >= 15 is 0 Å². The number of hydrogen-bond donors (Lipinski definition) is 2. The van der Waals surface area contributed by atoms with Crippen molar-refractivity contribution in [1.29, 1.82) is 0 Å². The highest BCUT2D eigenvalue weighted by Crippen LogP contribution is 2.29. The Bertz CT molecular complexity index is 428. The lowest BCUT2D eigenvalue weighted by Crippen LogP contribution is -2.19. The van der Waals surface area contributed by atoms with Crippen LogP contribution in [0.4, 0.5) is 0 Å². The molecule has 0 heterocycles. The molecule has 0 bridgehead atoms. The summed E-state index contributed by atoms with van der Waals surface area (Å²) in [4.78, 5) is 10.8. The zero-order valence-corrected chi connectivity index (χ0v) is 12.9. The highest BCUT2D eigenvalue weighted by molar-refractivity contribution is 9.10. The smallest absolute Gasteiger partial charge is 0.185 e. The Morgan fingerprint density at radius 1 is 1.50 bits per heavy atom. The van der Waals surface area contributed by atoms with Crippen molar-refractivity contribution in [1.82, 2.24) is 0 Å². The quantitative estimate of drug-likeness (QED) is 0.853. The summed E-state index contributed by atoms with van der Waals surface area (Å²) >= 11 is 10.4. The molecule has 0 aliphatic rings. The van der Waals surface area contributed by atoms with Gasteiger partial charge in [-0.2, -0.15) is 0 Å². The first kappa shape index (κ1) is 16.0. The van der Waals surface area contributed by atoms with Crippen LogP contribution in [0.15, 0.2) is 22.7 Å². The van der Waals surface area contributed by atoms with Gasteiger partial charge in [0, 0.05) is 27.7 Å². The number of carbonyl (C=O) groups excluding carboxylic acids is 1. The van der Waals surface area contributed by atoms with E-state index in [1.807, 2.05) is 0 Å². The molecular weight excluding hydrogens is 340 g/mol. The minimum Gasteiger partial charge on any atom is -0.390 e. The predicted octanol–water partition coefficient (Wildman–Crippen LogP) is 3.17. The monoisotopic (exact) mass is 352 g/mol. The fraction of sp³-hybridized carbons (Fsp3) is 0.417. The molecule has 0 aromatic heterocycles. The first-order chi connectivity index (χ1) is 8.41. The van der Waals surface area contributed by atoms with Crippen molar-refractivity contribution in [3.63, 3.8) is 0 Å². The lowest BCUT2D eigenvalue weighted by atomic mass is 10.0. The predicted molar refractivity (Wildman–Crippen MR) is 77.9 cm³/mol. The molecule has 6 heteroatoms. The molecule has 0 aliphatic carbocycles. The maximum Gasteiger partial charge on any atom is 0.185 e. The lowest BCUT2D eigenvalue weighted by molar-refractivity contribution is -0.109. The molecule has 0 fully saturated rings. The summed E-state index contributed by atoms with van der Waals surface area (Å²) < 4.78 is 0.784. The number of hydrogen-bond acceptors (Lipinski definition) is 4. The number of aliphatic hydroxyl groups excluding tert-OH is 2. The van der Waals surface area contributed by atoms with Crippen LogP contribution in [0.3, 0.4) is 0 Å². The summed E-state index contributed by atoms with van der Waals surface area (Å²) in [5.41, 5.74) is 0.478. The topological polar surface area (TPSA) is 57.5 Å². The molecule has 0 aliphatic heterocycles. The number of thioether (sulfide) groups is 1. The van der Waals surface area contributed by atoms with E-state index in [-0.39, 0.29) is 5.12 Å². The normalized spacial score (nSPS) is 14.3. The molecule has 1 aromatic carbocycles. The minimum atomic E-state index is -1.05. The van der Waals surface area contributed by atoms with E-state index in [1.165, 1.54) is 6.92 Å². The molecule has 18 heavy (non-hydrogen) atoms. The van der Waals surface area contributed by atoms with Crippen molar-refractivity contribution in [2.75, 3.05) is 5.75 Å². The fourth-order valence-electron chi connectivity index (χ4n) is 1.43. The summed E-state index contributed by atoms with van der Waals surface area (Å²) in [5, 5.41) is 20.3. The maximum absolute atomic E-state index is 10.8. The zero-order chi connectivity index (χ0) is 13.7. The Labute approximate surface area is 124 Å². The molecule has 0 radical (unpaired) electrons. The minimum absolute atomic E-state index is 0.00261. The van der Waals surface area contributed by atoms with Crippen molar-refractivity contribution in [2.24, 2.45) is 0 Å². The molecule has 3 nitrogen and oxygen atoms in total. The molecule has 100 valence electrons. The summed E-state index contributed by atoms with van der Waals surface area (Å²) in [5.74, 6) is 0.471. The van der Waals surface area contributed by atoms with Crippen LogP contribution in [-0.2, 0) is 4.79 Å². The van der Waals surface area contributed by atoms with Crippen LogP contribution in [0.25, 0.3) is 0 Å². The fourth-order valence-corrected chi connectivity index (χ4v) is 2.68. The van der Waals surface area contributed by atoms with Crippen molar-refractivity contribution < 1.29 is 15.0 Å². The third kappa shape index (κ3) is 4.90. The Hall–Kier alpha value is -0.0700. The third-order valence-electron chi connectivity index (χ3n) is 2.36. The molecule has 0 spiro atoms. The van der Waals surface area contributed by atoms with Crippen LogP contribution in [0.2, 0.25) is 5.02 Å². The van der Waals surface area contributed by atoms with Crippen LogP contribution in [0.1, 0.15) is 25.0 Å². The van der Waals surface area contributed by atoms with E-state index in [0.717, 1.165) is 16.2 Å². The first-order valence-corrected chi connectivity index (χ1v) is 7.52.